The number of carbonyl (C=O) groups excluding carboxylic acids is 3. The standard InChI is InChI=1S/C28H27N3O5/c1-18-12-13-21(14-19(18)2)28(20-8-4-3-5-9-20)26(33)31(27(34)30-28)16-25(32)29-15-22-17-35-23-10-6-7-11-24(23)36-22/h3-14,22H,15-17H2,1-2H3,(H,29,32)(H,30,34)/t22-,28-/m1/s1. The van der Waals surface area contributed by atoms with Crippen LogP contribution in [0, 0.1) is 13.8 Å². The highest BCUT2D eigenvalue weighted by atomic mass is 16.6. The Morgan fingerprint density at radius 1 is 0.972 bits per heavy atom. The highest BCUT2D eigenvalue weighted by molar-refractivity contribution is 6.11. The molecular formula is C28H27N3O5. The van der Waals surface area contributed by atoms with Gasteiger partial charge >= 0.3 is 6.03 Å². The zero-order chi connectivity index (χ0) is 25.3. The van der Waals surface area contributed by atoms with Gasteiger partial charge in [-0.3, -0.25) is 14.5 Å². The third kappa shape index (κ3) is 4.15. The number of nitrogens with zero attached hydrogens (tertiary/aromatic N) is 1. The summed E-state index contributed by atoms with van der Waals surface area (Å²) < 4.78 is 11.5. The number of ether oxygens (including phenoxy) is 2. The number of fused-ring (bicyclic) bond motifs is 1. The topological polar surface area (TPSA) is 97.0 Å². The number of nitrogens with one attached hydrogen (secondary N) is 2. The van der Waals surface area contributed by atoms with Crippen LogP contribution in [-0.4, -0.2) is 48.5 Å². The van der Waals surface area contributed by atoms with Crippen LogP contribution in [0.3, 0.4) is 0 Å². The van der Waals surface area contributed by atoms with Crippen LogP contribution >= 0.6 is 0 Å². The van der Waals surface area contributed by atoms with Crippen LogP contribution in [0.25, 0.3) is 0 Å². The molecule has 184 valence electrons. The minimum Gasteiger partial charge on any atom is -0.486 e. The second-order valence-electron chi connectivity index (χ2n) is 9.04. The molecule has 0 radical (unpaired) electrons. The van der Waals surface area contributed by atoms with E-state index in [-0.39, 0.29) is 19.3 Å². The third-order valence-corrected chi connectivity index (χ3v) is 6.65. The van der Waals surface area contributed by atoms with Crippen molar-refractivity contribution in [2.24, 2.45) is 0 Å². The van der Waals surface area contributed by atoms with E-state index < -0.39 is 29.9 Å². The Balaban J connectivity index is 1.33. The van der Waals surface area contributed by atoms with Gasteiger partial charge in [-0.15, -0.1) is 0 Å². The molecule has 4 amide bonds. The SMILES string of the molecule is Cc1ccc([C@@]2(c3ccccc3)NC(=O)N(CC(=O)NC[C@@H]3COc4ccccc4O3)C2=O)cc1C. The first-order valence-corrected chi connectivity index (χ1v) is 11.8. The average molecular weight is 486 g/mol. The van der Waals surface area contributed by atoms with Crippen molar-refractivity contribution in [2.75, 3.05) is 19.7 Å². The molecule has 2 atom stereocenters. The fraction of sp³-hybridized carbons (Fsp3) is 0.250. The molecule has 0 aromatic heterocycles. The second kappa shape index (κ2) is 9.37. The molecule has 0 aliphatic carbocycles. The number of imide groups is 1. The van der Waals surface area contributed by atoms with Crippen LogP contribution in [0.5, 0.6) is 11.5 Å². The van der Waals surface area contributed by atoms with E-state index in [0.717, 1.165) is 16.0 Å². The summed E-state index contributed by atoms with van der Waals surface area (Å²) >= 11 is 0. The zero-order valence-electron chi connectivity index (χ0n) is 20.1. The van der Waals surface area contributed by atoms with E-state index in [0.29, 0.717) is 22.6 Å². The Bertz CT molecular complexity index is 1330. The van der Waals surface area contributed by atoms with Gasteiger partial charge < -0.3 is 20.1 Å². The molecule has 0 bridgehead atoms. The monoisotopic (exact) mass is 485 g/mol. The zero-order valence-corrected chi connectivity index (χ0v) is 20.1. The summed E-state index contributed by atoms with van der Waals surface area (Å²) in [7, 11) is 0. The molecule has 3 aromatic carbocycles. The van der Waals surface area contributed by atoms with Crippen LogP contribution < -0.4 is 20.1 Å². The van der Waals surface area contributed by atoms with Crippen molar-refractivity contribution in [2.45, 2.75) is 25.5 Å². The number of rotatable bonds is 6. The molecule has 3 aromatic rings. The molecule has 0 unspecified atom stereocenters. The van der Waals surface area contributed by atoms with E-state index in [4.69, 9.17) is 9.47 Å². The van der Waals surface area contributed by atoms with Gasteiger partial charge in [0.15, 0.2) is 17.0 Å². The summed E-state index contributed by atoms with van der Waals surface area (Å²) in [5.74, 6) is 0.300. The van der Waals surface area contributed by atoms with Gasteiger partial charge in [-0.2, -0.15) is 0 Å². The highest BCUT2D eigenvalue weighted by Gasteiger charge is 2.54. The lowest BCUT2D eigenvalue weighted by Gasteiger charge is -2.28. The Kier molecular flexibility index (Phi) is 6.10. The number of benzene rings is 3. The van der Waals surface area contributed by atoms with Gasteiger partial charge in [0.25, 0.3) is 5.91 Å². The summed E-state index contributed by atoms with van der Waals surface area (Å²) in [4.78, 5) is 40.6. The number of hydrogen-bond acceptors (Lipinski definition) is 5. The first kappa shape index (κ1) is 23.4. The molecular weight excluding hydrogens is 458 g/mol. The predicted octanol–water partition coefficient (Wildman–Crippen LogP) is 3.06. The number of hydrogen-bond donors (Lipinski definition) is 2. The normalized spacial score (nSPS) is 20.7. The molecule has 2 N–H and O–H groups in total. The molecule has 1 saturated heterocycles. The van der Waals surface area contributed by atoms with Crippen molar-refractivity contribution >= 4 is 17.8 Å². The fourth-order valence-corrected chi connectivity index (χ4v) is 4.53. The van der Waals surface area contributed by atoms with Gasteiger partial charge in [-0.25, -0.2) is 4.79 Å². The number of para-hydroxylation sites is 2. The summed E-state index contributed by atoms with van der Waals surface area (Å²) in [6.45, 7) is 4.00. The van der Waals surface area contributed by atoms with Gasteiger partial charge in [0, 0.05) is 0 Å². The van der Waals surface area contributed by atoms with Crippen LogP contribution in [0.2, 0.25) is 0 Å². The minimum atomic E-state index is -1.42. The first-order valence-electron chi connectivity index (χ1n) is 11.8. The maximum absolute atomic E-state index is 13.8. The largest absolute Gasteiger partial charge is 0.486 e. The van der Waals surface area contributed by atoms with Crippen molar-refractivity contribution in [1.82, 2.24) is 15.5 Å². The van der Waals surface area contributed by atoms with E-state index in [1.165, 1.54) is 0 Å². The Morgan fingerprint density at radius 3 is 2.44 bits per heavy atom. The van der Waals surface area contributed by atoms with Gasteiger partial charge in [0.2, 0.25) is 5.91 Å². The first-order chi connectivity index (χ1) is 17.4. The van der Waals surface area contributed by atoms with E-state index in [2.05, 4.69) is 10.6 Å². The molecule has 2 aliphatic heterocycles. The van der Waals surface area contributed by atoms with Gasteiger partial charge in [-0.1, -0.05) is 60.7 Å². The van der Waals surface area contributed by atoms with E-state index in [1.54, 1.807) is 18.2 Å². The Hall–Kier alpha value is -4.33. The molecule has 0 spiro atoms. The molecule has 8 nitrogen and oxygen atoms in total. The summed E-state index contributed by atoms with van der Waals surface area (Å²) in [5.41, 5.74) is 1.93. The highest BCUT2D eigenvalue weighted by Crippen LogP contribution is 2.37. The minimum absolute atomic E-state index is 0.178. The van der Waals surface area contributed by atoms with Crippen LogP contribution in [-0.2, 0) is 15.1 Å². The average Bonchev–Trinajstić information content (AvgIpc) is 3.15. The van der Waals surface area contributed by atoms with Gasteiger partial charge in [0.05, 0.1) is 6.54 Å². The van der Waals surface area contributed by atoms with E-state index in [9.17, 15) is 14.4 Å². The Morgan fingerprint density at radius 2 is 1.69 bits per heavy atom. The Labute approximate surface area is 209 Å². The van der Waals surface area contributed by atoms with Crippen LogP contribution in [0.1, 0.15) is 22.3 Å². The molecule has 36 heavy (non-hydrogen) atoms. The fourth-order valence-electron chi connectivity index (χ4n) is 4.53. The smallest absolute Gasteiger partial charge is 0.326 e. The molecule has 2 aliphatic rings. The van der Waals surface area contributed by atoms with Gasteiger partial charge in [-0.05, 0) is 48.2 Å². The second-order valence-corrected chi connectivity index (χ2v) is 9.04. The van der Waals surface area contributed by atoms with E-state index in [1.807, 2.05) is 68.4 Å². The lowest BCUT2D eigenvalue weighted by Crippen LogP contribution is -2.47. The summed E-state index contributed by atoms with van der Waals surface area (Å²) in [6, 6.07) is 21.4. The van der Waals surface area contributed by atoms with Crippen LogP contribution in [0.4, 0.5) is 4.79 Å². The van der Waals surface area contributed by atoms with Crippen molar-refractivity contribution in [3.05, 3.63) is 95.1 Å². The summed E-state index contributed by atoms with van der Waals surface area (Å²) in [6.07, 6.45) is -0.383. The number of urea groups is 1. The van der Waals surface area contributed by atoms with Crippen molar-refractivity contribution in [1.29, 1.82) is 0 Å². The van der Waals surface area contributed by atoms with Gasteiger partial charge in [0.1, 0.15) is 19.3 Å². The maximum Gasteiger partial charge on any atom is 0.326 e. The maximum atomic E-state index is 13.8. The quantitative estimate of drug-likeness (QED) is 0.523. The van der Waals surface area contributed by atoms with E-state index >= 15 is 0 Å². The molecule has 0 saturated carbocycles. The summed E-state index contributed by atoms with van der Waals surface area (Å²) in [5, 5.41) is 5.64. The number of amides is 4. The molecule has 8 heteroatoms. The van der Waals surface area contributed by atoms with Crippen molar-refractivity contribution in [3.8, 4) is 11.5 Å². The molecule has 1 fully saturated rings. The number of aryl methyl sites for hydroxylation is 2. The predicted molar refractivity (Wildman–Crippen MR) is 133 cm³/mol. The molecule has 5 rings (SSSR count). The van der Waals surface area contributed by atoms with Crippen molar-refractivity contribution < 1.29 is 23.9 Å². The third-order valence-electron chi connectivity index (χ3n) is 6.65. The number of carbonyl (C=O) groups is 3. The van der Waals surface area contributed by atoms with Crippen molar-refractivity contribution in [3.63, 3.8) is 0 Å². The molecule has 2 heterocycles. The lowest BCUT2D eigenvalue weighted by atomic mass is 9.81. The lowest BCUT2D eigenvalue weighted by molar-refractivity contribution is -0.134. The van der Waals surface area contributed by atoms with Crippen LogP contribution in [0.15, 0.2) is 72.8 Å².